The van der Waals surface area contributed by atoms with E-state index in [-0.39, 0.29) is 0 Å². The van der Waals surface area contributed by atoms with Crippen LogP contribution in [-0.2, 0) is 6.54 Å². The van der Waals surface area contributed by atoms with Crippen LogP contribution in [0.1, 0.15) is 49.6 Å². The Labute approximate surface area is 127 Å². The zero-order chi connectivity index (χ0) is 15.1. The predicted octanol–water partition coefficient (Wildman–Crippen LogP) is 4.28. The molecule has 1 aliphatic rings. The van der Waals surface area contributed by atoms with Gasteiger partial charge in [0.05, 0.1) is 0 Å². The Kier molecular flexibility index (Phi) is 3.52. The maximum atomic E-state index is 6.45. The average molecular weight is 283 g/mol. The minimum Gasteiger partial charge on any atom is -0.383 e. The second kappa shape index (κ2) is 5.21. The van der Waals surface area contributed by atoms with Crippen LogP contribution in [0.3, 0.4) is 0 Å². The van der Waals surface area contributed by atoms with E-state index in [0.29, 0.717) is 11.8 Å². The van der Waals surface area contributed by atoms with Crippen LogP contribution in [0.5, 0.6) is 0 Å². The van der Waals surface area contributed by atoms with Crippen molar-refractivity contribution in [1.82, 2.24) is 9.55 Å². The first-order valence-electron chi connectivity index (χ1n) is 7.90. The van der Waals surface area contributed by atoms with Gasteiger partial charge < -0.3 is 10.3 Å². The fourth-order valence-electron chi connectivity index (χ4n) is 3.02. The number of nitrogens with zero attached hydrogens (tertiary/aromatic N) is 2. The molecule has 0 aliphatic heterocycles. The van der Waals surface area contributed by atoms with Crippen molar-refractivity contribution in [3.05, 3.63) is 35.2 Å². The highest BCUT2D eigenvalue weighted by molar-refractivity contribution is 5.72. The van der Waals surface area contributed by atoms with Crippen molar-refractivity contribution in [3.63, 3.8) is 0 Å². The number of imidazole rings is 1. The first-order valence-corrected chi connectivity index (χ1v) is 7.90. The third kappa shape index (κ3) is 2.82. The van der Waals surface area contributed by atoms with Gasteiger partial charge >= 0.3 is 0 Å². The second-order valence-electron chi connectivity index (χ2n) is 6.86. The summed E-state index contributed by atoms with van der Waals surface area (Å²) in [6, 6.07) is 6.55. The molecule has 0 spiro atoms. The predicted molar refractivity (Wildman–Crippen MR) is 88.4 cm³/mol. The van der Waals surface area contributed by atoms with Crippen molar-refractivity contribution in [1.29, 1.82) is 0 Å². The van der Waals surface area contributed by atoms with E-state index in [1.807, 2.05) is 0 Å². The zero-order valence-electron chi connectivity index (χ0n) is 13.5. The van der Waals surface area contributed by atoms with Gasteiger partial charge in [-0.3, -0.25) is 0 Å². The highest BCUT2D eigenvalue weighted by atomic mass is 15.2. The summed E-state index contributed by atoms with van der Waals surface area (Å²) in [4.78, 5) is 4.92. The van der Waals surface area contributed by atoms with Gasteiger partial charge in [0.25, 0.3) is 0 Å². The van der Waals surface area contributed by atoms with Crippen molar-refractivity contribution in [2.45, 2.75) is 53.0 Å². The lowest BCUT2D eigenvalue weighted by Crippen LogP contribution is -2.10. The van der Waals surface area contributed by atoms with Crippen LogP contribution in [0.2, 0.25) is 0 Å². The molecule has 0 radical (unpaired) electrons. The zero-order valence-corrected chi connectivity index (χ0v) is 13.5. The van der Waals surface area contributed by atoms with Crippen LogP contribution in [0, 0.1) is 19.8 Å². The van der Waals surface area contributed by atoms with Gasteiger partial charge in [0.15, 0.2) is 0 Å². The van der Waals surface area contributed by atoms with E-state index in [2.05, 4.69) is 50.5 Å². The summed E-state index contributed by atoms with van der Waals surface area (Å²) in [6.45, 7) is 9.66. The third-order valence-electron chi connectivity index (χ3n) is 4.02. The lowest BCUT2D eigenvalue weighted by molar-refractivity contribution is 0.512. The fourth-order valence-corrected chi connectivity index (χ4v) is 3.02. The van der Waals surface area contributed by atoms with E-state index < -0.39 is 0 Å². The smallest absolute Gasteiger partial charge is 0.131 e. The molecule has 1 heterocycles. The molecule has 1 saturated carbocycles. The van der Waals surface area contributed by atoms with Crippen LogP contribution in [0.4, 0.5) is 5.82 Å². The molecule has 112 valence electrons. The Bertz CT molecular complexity index is 643. The van der Waals surface area contributed by atoms with Gasteiger partial charge in [0, 0.05) is 18.0 Å². The minimum absolute atomic E-state index is 0.575. The molecule has 21 heavy (non-hydrogen) atoms. The van der Waals surface area contributed by atoms with Gasteiger partial charge in [-0.2, -0.15) is 0 Å². The van der Waals surface area contributed by atoms with Gasteiger partial charge in [-0.15, -0.1) is 0 Å². The number of aryl methyl sites for hydroxylation is 2. The number of hydrogen-bond acceptors (Lipinski definition) is 2. The largest absolute Gasteiger partial charge is 0.383 e. The molecule has 3 heteroatoms. The minimum atomic E-state index is 0.575. The molecule has 1 fully saturated rings. The van der Waals surface area contributed by atoms with Crippen molar-refractivity contribution >= 4 is 5.82 Å². The molecule has 0 bridgehead atoms. The van der Waals surface area contributed by atoms with Crippen molar-refractivity contribution in [2.75, 3.05) is 5.73 Å². The molecule has 0 unspecified atom stereocenters. The fraction of sp³-hybridized carbons (Fsp3) is 0.500. The number of benzene rings is 1. The molecule has 0 amide bonds. The lowest BCUT2D eigenvalue weighted by Gasteiger charge is -2.12. The van der Waals surface area contributed by atoms with Gasteiger partial charge in [0.1, 0.15) is 17.3 Å². The number of aromatic nitrogens is 2. The normalized spacial score (nSPS) is 14.9. The first-order chi connectivity index (χ1) is 9.95. The SMILES string of the molecule is Cc1cc(C)cc(-c2nc(C3CC3)n(CC(C)C)c2N)c1. The number of hydrogen-bond donors (Lipinski definition) is 1. The standard InChI is InChI=1S/C18H25N3/c1-11(2)10-21-17(19)16(20-18(21)14-5-6-14)15-8-12(3)7-13(4)9-15/h7-9,11,14H,5-6,10,19H2,1-4H3. The Balaban J connectivity index is 2.10. The number of anilines is 1. The number of nitrogen functional groups attached to an aromatic ring is 1. The topological polar surface area (TPSA) is 43.8 Å². The van der Waals surface area contributed by atoms with Crippen molar-refractivity contribution in [3.8, 4) is 11.3 Å². The van der Waals surface area contributed by atoms with Crippen LogP contribution in [0.25, 0.3) is 11.3 Å². The monoisotopic (exact) mass is 283 g/mol. The van der Waals surface area contributed by atoms with Gasteiger partial charge in [-0.25, -0.2) is 4.98 Å². The van der Waals surface area contributed by atoms with E-state index in [1.165, 1.54) is 29.8 Å². The van der Waals surface area contributed by atoms with E-state index in [4.69, 9.17) is 10.7 Å². The maximum absolute atomic E-state index is 6.45. The molecule has 0 saturated heterocycles. The van der Waals surface area contributed by atoms with Gasteiger partial charge in [-0.1, -0.05) is 31.0 Å². The highest BCUT2D eigenvalue weighted by Gasteiger charge is 2.31. The Morgan fingerprint density at radius 1 is 1.19 bits per heavy atom. The van der Waals surface area contributed by atoms with E-state index >= 15 is 0 Å². The van der Waals surface area contributed by atoms with Gasteiger partial charge in [-0.05, 0) is 44.7 Å². The van der Waals surface area contributed by atoms with Crippen LogP contribution in [0.15, 0.2) is 18.2 Å². The van der Waals surface area contributed by atoms with Crippen LogP contribution >= 0.6 is 0 Å². The van der Waals surface area contributed by atoms with E-state index in [1.54, 1.807) is 0 Å². The number of nitrogens with two attached hydrogens (primary N) is 1. The molecular weight excluding hydrogens is 258 g/mol. The Morgan fingerprint density at radius 3 is 2.33 bits per heavy atom. The summed E-state index contributed by atoms with van der Waals surface area (Å²) in [5.41, 5.74) is 11.1. The highest BCUT2D eigenvalue weighted by Crippen LogP contribution is 2.42. The average Bonchev–Trinajstić information content (AvgIpc) is 3.16. The molecule has 3 nitrogen and oxygen atoms in total. The summed E-state index contributed by atoms with van der Waals surface area (Å²) in [6.07, 6.45) is 2.50. The molecular formula is C18H25N3. The summed E-state index contributed by atoms with van der Waals surface area (Å²) in [7, 11) is 0. The first kappa shape index (κ1) is 14.2. The maximum Gasteiger partial charge on any atom is 0.131 e. The molecule has 3 rings (SSSR count). The molecule has 2 N–H and O–H groups in total. The lowest BCUT2D eigenvalue weighted by atomic mass is 10.1. The van der Waals surface area contributed by atoms with Crippen molar-refractivity contribution < 1.29 is 0 Å². The molecule has 1 aliphatic carbocycles. The summed E-state index contributed by atoms with van der Waals surface area (Å²) in [5.74, 6) is 3.21. The molecule has 0 atom stereocenters. The van der Waals surface area contributed by atoms with Gasteiger partial charge in [0.2, 0.25) is 0 Å². The Morgan fingerprint density at radius 2 is 1.81 bits per heavy atom. The van der Waals surface area contributed by atoms with Crippen molar-refractivity contribution in [2.24, 2.45) is 5.92 Å². The molecule has 1 aromatic heterocycles. The molecule has 1 aromatic carbocycles. The molecule has 2 aromatic rings. The third-order valence-corrected chi connectivity index (χ3v) is 4.02. The van der Waals surface area contributed by atoms with E-state index in [9.17, 15) is 0 Å². The van der Waals surface area contributed by atoms with Crippen LogP contribution in [-0.4, -0.2) is 9.55 Å². The summed E-state index contributed by atoms with van der Waals surface area (Å²) >= 11 is 0. The van der Waals surface area contributed by atoms with E-state index in [0.717, 1.165) is 23.6 Å². The van der Waals surface area contributed by atoms with Crippen LogP contribution < -0.4 is 5.73 Å². The number of rotatable bonds is 4. The second-order valence-corrected chi connectivity index (χ2v) is 6.86. The summed E-state index contributed by atoms with van der Waals surface area (Å²) < 4.78 is 2.25. The summed E-state index contributed by atoms with van der Waals surface area (Å²) in [5, 5.41) is 0. The quantitative estimate of drug-likeness (QED) is 0.910. The Hall–Kier alpha value is -1.77.